The van der Waals surface area contributed by atoms with Gasteiger partial charge in [0.2, 0.25) is 0 Å². The third-order valence-corrected chi connectivity index (χ3v) is 5.31. The van der Waals surface area contributed by atoms with Crippen molar-refractivity contribution in [2.24, 2.45) is 4.99 Å². The second-order valence-corrected chi connectivity index (χ2v) is 7.60. The van der Waals surface area contributed by atoms with Gasteiger partial charge in [-0.2, -0.15) is 11.3 Å². The largest absolute Gasteiger partial charge is 0.363 e. The molecule has 2 aromatic heterocycles. The zero-order chi connectivity index (χ0) is 19.2. The van der Waals surface area contributed by atoms with Crippen molar-refractivity contribution in [3.63, 3.8) is 0 Å². The van der Waals surface area contributed by atoms with E-state index < -0.39 is 0 Å². The van der Waals surface area contributed by atoms with Crippen molar-refractivity contribution in [2.75, 3.05) is 32.6 Å². The van der Waals surface area contributed by atoms with E-state index in [9.17, 15) is 0 Å². The fraction of sp³-hybridized carbons (Fsp3) is 0.333. The Hall–Kier alpha value is -1.87. The Morgan fingerprint density at radius 2 is 2.00 bits per heavy atom. The molecule has 1 unspecified atom stereocenters. The standard InChI is InChI=1S/C21H27N5S.HI/c1-15(16-9-10-27-14-16)12-23-21(22-2)24-13-17-11-20(26(3)4)25-19-8-6-5-7-18(17)19;/h5-11,14-15H,12-13H2,1-4H3,(H2,22,23,24);1H. The van der Waals surface area contributed by atoms with Gasteiger partial charge in [-0.05, 0) is 46.0 Å². The smallest absolute Gasteiger partial charge is 0.191 e. The van der Waals surface area contributed by atoms with Crippen LogP contribution >= 0.6 is 35.3 Å². The van der Waals surface area contributed by atoms with Gasteiger partial charge in [0.1, 0.15) is 5.82 Å². The van der Waals surface area contributed by atoms with Gasteiger partial charge in [-0.15, -0.1) is 24.0 Å². The van der Waals surface area contributed by atoms with Crippen molar-refractivity contribution in [1.82, 2.24) is 15.6 Å². The first kappa shape index (κ1) is 22.4. The molecule has 2 heterocycles. The number of hydrogen-bond acceptors (Lipinski definition) is 4. The van der Waals surface area contributed by atoms with Crippen LogP contribution in [0.2, 0.25) is 0 Å². The summed E-state index contributed by atoms with van der Waals surface area (Å²) in [5.74, 6) is 2.21. The van der Waals surface area contributed by atoms with Crippen molar-refractivity contribution in [3.8, 4) is 0 Å². The molecule has 0 bridgehead atoms. The Morgan fingerprint density at radius 1 is 1.21 bits per heavy atom. The van der Waals surface area contributed by atoms with E-state index in [-0.39, 0.29) is 24.0 Å². The molecule has 150 valence electrons. The Balaban J connectivity index is 0.00000280. The summed E-state index contributed by atoms with van der Waals surface area (Å²) in [6.45, 7) is 3.76. The number of thiophene rings is 1. The molecule has 0 saturated carbocycles. The molecular formula is C21H28IN5S. The summed E-state index contributed by atoms with van der Waals surface area (Å²) in [5, 5.41) is 12.4. The highest BCUT2D eigenvalue weighted by atomic mass is 127. The summed E-state index contributed by atoms with van der Waals surface area (Å²) in [6, 6.07) is 12.6. The van der Waals surface area contributed by atoms with Crippen molar-refractivity contribution in [3.05, 3.63) is 58.3 Å². The molecule has 0 aliphatic rings. The predicted octanol–water partition coefficient (Wildman–Crippen LogP) is 4.45. The van der Waals surface area contributed by atoms with Gasteiger partial charge in [-0.25, -0.2) is 4.98 Å². The number of nitrogens with zero attached hydrogens (tertiary/aromatic N) is 3. The van der Waals surface area contributed by atoms with E-state index in [1.165, 1.54) is 11.1 Å². The number of aliphatic imine (C=N–C) groups is 1. The number of anilines is 1. The lowest BCUT2D eigenvalue weighted by molar-refractivity contribution is 0.701. The normalized spacial score (nSPS) is 12.4. The Labute approximate surface area is 188 Å². The first-order chi connectivity index (χ1) is 13.1. The first-order valence-electron chi connectivity index (χ1n) is 9.11. The van der Waals surface area contributed by atoms with Crippen molar-refractivity contribution < 1.29 is 0 Å². The molecule has 3 aromatic rings. The Bertz CT molecular complexity index is 908. The van der Waals surface area contributed by atoms with Gasteiger partial charge in [-0.3, -0.25) is 4.99 Å². The molecule has 3 rings (SSSR count). The highest BCUT2D eigenvalue weighted by molar-refractivity contribution is 14.0. The van der Waals surface area contributed by atoms with Crippen molar-refractivity contribution in [2.45, 2.75) is 19.4 Å². The molecule has 0 spiro atoms. The van der Waals surface area contributed by atoms with Crippen LogP contribution in [0, 0.1) is 0 Å². The maximum atomic E-state index is 4.72. The van der Waals surface area contributed by atoms with Crippen LogP contribution in [-0.2, 0) is 6.54 Å². The van der Waals surface area contributed by atoms with Gasteiger partial charge in [-0.1, -0.05) is 25.1 Å². The minimum absolute atomic E-state index is 0. The molecule has 28 heavy (non-hydrogen) atoms. The van der Waals surface area contributed by atoms with E-state index in [1.807, 2.05) is 25.1 Å². The second-order valence-electron chi connectivity index (χ2n) is 6.82. The molecule has 7 heteroatoms. The summed E-state index contributed by atoms with van der Waals surface area (Å²) in [6.07, 6.45) is 0. The van der Waals surface area contributed by atoms with E-state index in [0.29, 0.717) is 12.5 Å². The van der Waals surface area contributed by atoms with Gasteiger partial charge in [0.15, 0.2) is 5.96 Å². The summed E-state index contributed by atoms with van der Waals surface area (Å²) in [4.78, 5) is 11.1. The number of aromatic nitrogens is 1. The number of halogens is 1. The molecule has 0 aliphatic carbocycles. The minimum atomic E-state index is 0. The lowest BCUT2D eigenvalue weighted by Crippen LogP contribution is -2.38. The lowest BCUT2D eigenvalue weighted by atomic mass is 10.1. The summed E-state index contributed by atoms with van der Waals surface area (Å²) < 4.78 is 0. The van der Waals surface area contributed by atoms with Crippen LogP contribution < -0.4 is 15.5 Å². The molecule has 0 amide bonds. The highest BCUT2D eigenvalue weighted by Gasteiger charge is 2.10. The van der Waals surface area contributed by atoms with Crippen LogP contribution in [0.5, 0.6) is 0 Å². The number of fused-ring (bicyclic) bond motifs is 1. The second kappa shape index (κ2) is 10.6. The lowest BCUT2D eigenvalue weighted by Gasteiger charge is -2.18. The van der Waals surface area contributed by atoms with E-state index in [0.717, 1.165) is 29.2 Å². The van der Waals surface area contributed by atoms with Gasteiger partial charge in [0, 0.05) is 39.6 Å². The number of guanidine groups is 1. The molecule has 0 fully saturated rings. The maximum Gasteiger partial charge on any atom is 0.191 e. The van der Waals surface area contributed by atoms with E-state index in [4.69, 9.17) is 4.98 Å². The molecule has 0 radical (unpaired) electrons. The van der Waals surface area contributed by atoms with E-state index in [2.05, 4.69) is 63.6 Å². The fourth-order valence-electron chi connectivity index (χ4n) is 2.93. The van der Waals surface area contributed by atoms with E-state index in [1.54, 1.807) is 18.4 Å². The SMILES string of the molecule is CN=C(NCc1cc(N(C)C)nc2ccccc12)NCC(C)c1ccsc1.I. The molecular weight excluding hydrogens is 481 g/mol. The Kier molecular flexibility index (Phi) is 8.50. The summed E-state index contributed by atoms with van der Waals surface area (Å²) in [5.41, 5.74) is 3.58. The zero-order valence-corrected chi connectivity index (χ0v) is 19.9. The summed E-state index contributed by atoms with van der Waals surface area (Å²) in [7, 11) is 5.84. The van der Waals surface area contributed by atoms with E-state index >= 15 is 0 Å². The minimum Gasteiger partial charge on any atom is -0.363 e. The number of nitrogens with one attached hydrogen (secondary N) is 2. The molecule has 0 saturated heterocycles. The number of pyridine rings is 1. The fourth-order valence-corrected chi connectivity index (χ4v) is 3.71. The first-order valence-corrected chi connectivity index (χ1v) is 10.1. The van der Waals surface area contributed by atoms with Crippen LogP contribution in [0.15, 0.2) is 52.2 Å². The third kappa shape index (κ3) is 5.57. The number of hydrogen-bond donors (Lipinski definition) is 2. The number of benzene rings is 1. The maximum absolute atomic E-state index is 4.72. The van der Waals surface area contributed by atoms with Crippen LogP contribution in [0.1, 0.15) is 24.0 Å². The van der Waals surface area contributed by atoms with Crippen LogP contribution in [0.3, 0.4) is 0 Å². The molecule has 1 aromatic carbocycles. The highest BCUT2D eigenvalue weighted by Crippen LogP contribution is 2.22. The van der Waals surface area contributed by atoms with Crippen LogP contribution in [-0.4, -0.2) is 38.6 Å². The number of rotatable bonds is 6. The molecule has 5 nitrogen and oxygen atoms in total. The zero-order valence-electron chi connectivity index (χ0n) is 16.8. The van der Waals surface area contributed by atoms with Crippen LogP contribution in [0.25, 0.3) is 10.9 Å². The van der Waals surface area contributed by atoms with Crippen molar-refractivity contribution in [1.29, 1.82) is 0 Å². The monoisotopic (exact) mass is 509 g/mol. The van der Waals surface area contributed by atoms with Crippen LogP contribution in [0.4, 0.5) is 5.82 Å². The van der Waals surface area contributed by atoms with Crippen molar-refractivity contribution >= 4 is 58.0 Å². The third-order valence-electron chi connectivity index (χ3n) is 4.60. The van der Waals surface area contributed by atoms with Gasteiger partial charge >= 0.3 is 0 Å². The average molecular weight is 509 g/mol. The predicted molar refractivity (Wildman–Crippen MR) is 132 cm³/mol. The number of para-hydroxylation sites is 1. The van der Waals surface area contributed by atoms with Gasteiger partial charge < -0.3 is 15.5 Å². The molecule has 0 aliphatic heterocycles. The quantitative estimate of drug-likeness (QED) is 0.293. The molecule has 2 N–H and O–H groups in total. The topological polar surface area (TPSA) is 52.6 Å². The molecule has 1 atom stereocenters. The Morgan fingerprint density at radius 3 is 2.68 bits per heavy atom. The van der Waals surface area contributed by atoms with Gasteiger partial charge in [0.05, 0.1) is 5.52 Å². The summed E-state index contributed by atoms with van der Waals surface area (Å²) >= 11 is 1.74. The average Bonchev–Trinajstić information content (AvgIpc) is 3.22. The van der Waals surface area contributed by atoms with Gasteiger partial charge in [0.25, 0.3) is 0 Å².